The van der Waals surface area contributed by atoms with Gasteiger partial charge in [0.2, 0.25) is 0 Å². The molecule has 0 fully saturated rings. The van der Waals surface area contributed by atoms with Crippen molar-refractivity contribution in [3.63, 3.8) is 0 Å². The summed E-state index contributed by atoms with van der Waals surface area (Å²) in [6.45, 7) is 9.91. The van der Waals surface area contributed by atoms with Gasteiger partial charge >= 0.3 is 0 Å². The lowest BCUT2D eigenvalue weighted by atomic mass is 9.60. The van der Waals surface area contributed by atoms with Gasteiger partial charge in [-0.15, -0.1) is 0 Å². The summed E-state index contributed by atoms with van der Waals surface area (Å²) < 4.78 is 0. The molecule has 2 atom stereocenters. The number of hydrogen-bond acceptors (Lipinski definition) is 0. The number of fused-ring (bicyclic) bond motifs is 10. The van der Waals surface area contributed by atoms with E-state index in [1.807, 2.05) is 0 Å². The predicted molar refractivity (Wildman–Crippen MR) is 206 cm³/mol. The minimum Gasteiger partial charge on any atom is -0.0654 e. The van der Waals surface area contributed by atoms with Crippen molar-refractivity contribution < 1.29 is 0 Å². The van der Waals surface area contributed by atoms with E-state index in [9.17, 15) is 0 Å². The third-order valence-electron chi connectivity index (χ3n) is 11.6. The van der Waals surface area contributed by atoms with Crippen molar-refractivity contribution in [2.75, 3.05) is 0 Å². The molecule has 6 aromatic rings. The lowest BCUT2D eigenvalue weighted by Gasteiger charge is -2.43. The Balaban J connectivity index is 1.39. The van der Waals surface area contributed by atoms with Crippen LogP contribution in [0.3, 0.4) is 0 Å². The third kappa shape index (κ3) is 4.95. The molecule has 0 spiro atoms. The maximum absolute atomic E-state index is 2.63. The average Bonchev–Trinajstić information content (AvgIpc) is 3.67. The Morgan fingerprint density at radius 3 is 1.32 bits per heavy atom. The van der Waals surface area contributed by atoms with Crippen molar-refractivity contribution in [2.24, 2.45) is 5.41 Å². The van der Waals surface area contributed by atoms with E-state index >= 15 is 0 Å². The van der Waals surface area contributed by atoms with E-state index in [0.29, 0.717) is 11.8 Å². The molecule has 47 heavy (non-hydrogen) atoms. The first-order valence-corrected chi connectivity index (χ1v) is 18.3. The van der Waals surface area contributed by atoms with Gasteiger partial charge in [0.25, 0.3) is 0 Å². The first-order chi connectivity index (χ1) is 23.0. The smallest absolute Gasteiger partial charge is 0.0124 e. The molecule has 8 rings (SSSR count). The normalized spacial score (nSPS) is 17.4. The van der Waals surface area contributed by atoms with E-state index in [4.69, 9.17) is 0 Å². The van der Waals surface area contributed by atoms with Gasteiger partial charge in [0.15, 0.2) is 0 Å². The Morgan fingerprint density at radius 1 is 0.468 bits per heavy atom. The van der Waals surface area contributed by atoms with Gasteiger partial charge in [-0.1, -0.05) is 174 Å². The molecule has 0 amide bonds. The molecular formula is C47H48. The fourth-order valence-corrected chi connectivity index (χ4v) is 9.55. The Morgan fingerprint density at radius 2 is 0.872 bits per heavy atom. The molecule has 2 aliphatic carbocycles. The SMILES string of the molecule is CCCCCC1=Cc2ccc3ccc4ccccc4c3c2C1C(C)(C)C1C(CCCCC)=Cc2ccc3ccc4ccccc4c3c21. The van der Waals surface area contributed by atoms with Gasteiger partial charge in [0.1, 0.15) is 0 Å². The van der Waals surface area contributed by atoms with E-state index in [-0.39, 0.29) is 5.41 Å². The zero-order valence-corrected chi connectivity index (χ0v) is 28.7. The number of hydrogen-bond donors (Lipinski definition) is 0. The topological polar surface area (TPSA) is 0 Å². The molecule has 2 aliphatic rings. The third-order valence-corrected chi connectivity index (χ3v) is 11.6. The van der Waals surface area contributed by atoms with Crippen LogP contribution in [0.25, 0.3) is 55.2 Å². The maximum Gasteiger partial charge on any atom is 0.0124 e. The molecule has 0 bridgehead atoms. The first kappa shape index (κ1) is 30.2. The summed E-state index contributed by atoms with van der Waals surface area (Å²) in [4.78, 5) is 0. The highest BCUT2D eigenvalue weighted by molar-refractivity contribution is 6.12. The second kappa shape index (κ2) is 12.1. The summed E-state index contributed by atoms with van der Waals surface area (Å²) in [6.07, 6.45) is 15.2. The molecule has 2 unspecified atom stereocenters. The van der Waals surface area contributed by atoms with Crippen LogP contribution in [0.2, 0.25) is 0 Å². The minimum absolute atomic E-state index is 0.0386. The van der Waals surface area contributed by atoms with Crippen molar-refractivity contribution in [1.29, 1.82) is 0 Å². The molecule has 0 aliphatic heterocycles. The minimum atomic E-state index is -0.0386. The summed E-state index contributed by atoms with van der Waals surface area (Å²) >= 11 is 0. The molecule has 0 saturated carbocycles. The summed E-state index contributed by atoms with van der Waals surface area (Å²) in [5.74, 6) is 0.694. The van der Waals surface area contributed by atoms with E-state index in [2.05, 4.69) is 137 Å². The highest BCUT2D eigenvalue weighted by atomic mass is 14.5. The van der Waals surface area contributed by atoms with Crippen LogP contribution in [-0.4, -0.2) is 0 Å². The van der Waals surface area contributed by atoms with Crippen LogP contribution in [0.4, 0.5) is 0 Å². The van der Waals surface area contributed by atoms with Gasteiger partial charge < -0.3 is 0 Å². The summed E-state index contributed by atoms with van der Waals surface area (Å²) in [7, 11) is 0. The maximum atomic E-state index is 2.63. The van der Waals surface area contributed by atoms with Crippen LogP contribution in [-0.2, 0) is 0 Å². The van der Waals surface area contributed by atoms with E-state index in [1.165, 1.54) is 106 Å². The Kier molecular flexibility index (Phi) is 7.79. The van der Waals surface area contributed by atoms with Gasteiger partial charge in [-0.05, 0) is 96.4 Å². The molecule has 0 nitrogen and oxygen atoms in total. The highest BCUT2D eigenvalue weighted by Crippen LogP contribution is 2.62. The van der Waals surface area contributed by atoms with Crippen molar-refractivity contribution in [2.45, 2.75) is 90.9 Å². The van der Waals surface area contributed by atoms with Crippen molar-refractivity contribution in [3.8, 4) is 0 Å². The number of unbranched alkanes of at least 4 members (excludes halogenated alkanes) is 4. The molecule has 236 valence electrons. The highest BCUT2D eigenvalue weighted by Gasteiger charge is 2.47. The van der Waals surface area contributed by atoms with Crippen molar-refractivity contribution in [1.82, 2.24) is 0 Å². The van der Waals surface area contributed by atoms with Gasteiger partial charge in [0, 0.05) is 11.8 Å². The number of rotatable bonds is 10. The Bertz CT molecular complexity index is 2050. The Hall–Kier alpha value is -4.16. The average molecular weight is 613 g/mol. The van der Waals surface area contributed by atoms with E-state index in [0.717, 1.165) is 0 Å². The molecule has 0 heteroatoms. The fraction of sp³-hybridized carbons (Fsp3) is 0.319. The van der Waals surface area contributed by atoms with E-state index < -0.39 is 0 Å². The molecule has 6 aromatic carbocycles. The van der Waals surface area contributed by atoms with Crippen LogP contribution in [0.1, 0.15) is 113 Å². The standard InChI is InChI=1S/C47H48/c1-5-7-9-17-37-29-35-27-25-33-23-21-31-15-11-13-19-39(31)41(33)43(35)45(37)47(3,4)46-38(18-10-8-6-2)30-36-28-26-34-24-22-32-16-12-14-20-40(32)42(34)44(36)46/h11-16,19-30,45-46H,5-10,17-18H2,1-4H3. The lowest BCUT2D eigenvalue weighted by molar-refractivity contribution is 0.269. The molecule has 0 radical (unpaired) electrons. The Labute approximate surface area is 281 Å². The van der Waals surface area contributed by atoms with Crippen LogP contribution in [0, 0.1) is 5.41 Å². The molecule has 0 saturated heterocycles. The van der Waals surface area contributed by atoms with Crippen LogP contribution < -0.4 is 0 Å². The molecule has 0 aromatic heterocycles. The van der Waals surface area contributed by atoms with E-state index in [1.54, 1.807) is 22.3 Å². The van der Waals surface area contributed by atoms with Crippen LogP contribution in [0.5, 0.6) is 0 Å². The number of allylic oxidation sites excluding steroid dienone is 2. The monoisotopic (exact) mass is 612 g/mol. The van der Waals surface area contributed by atoms with Crippen molar-refractivity contribution >= 4 is 55.2 Å². The second-order valence-corrected chi connectivity index (χ2v) is 14.9. The molecular weight excluding hydrogens is 565 g/mol. The van der Waals surface area contributed by atoms with Gasteiger partial charge in [0.05, 0.1) is 0 Å². The fourth-order valence-electron chi connectivity index (χ4n) is 9.55. The van der Waals surface area contributed by atoms with Crippen LogP contribution in [0.15, 0.2) is 108 Å². The largest absolute Gasteiger partial charge is 0.0654 e. The summed E-state index contributed by atoms with van der Waals surface area (Å²) in [5.41, 5.74) is 9.27. The first-order valence-electron chi connectivity index (χ1n) is 18.3. The van der Waals surface area contributed by atoms with Gasteiger partial charge in [-0.25, -0.2) is 0 Å². The van der Waals surface area contributed by atoms with Gasteiger partial charge in [-0.3, -0.25) is 0 Å². The summed E-state index contributed by atoms with van der Waals surface area (Å²) in [5, 5.41) is 11.2. The number of benzene rings is 6. The quantitative estimate of drug-likeness (QED) is 0.107. The van der Waals surface area contributed by atoms with Gasteiger partial charge in [-0.2, -0.15) is 0 Å². The lowest BCUT2D eigenvalue weighted by Crippen LogP contribution is -2.31. The second-order valence-electron chi connectivity index (χ2n) is 14.9. The zero-order valence-electron chi connectivity index (χ0n) is 28.7. The molecule has 0 heterocycles. The van der Waals surface area contributed by atoms with Crippen LogP contribution >= 0.6 is 0 Å². The molecule has 0 N–H and O–H groups in total. The zero-order chi connectivity index (χ0) is 32.1. The van der Waals surface area contributed by atoms with Crippen molar-refractivity contribution in [3.05, 3.63) is 130 Å². The summed E-state index contributed by atoms with van der Waals surface area (Å²) in [6, 6.07) is 37.1. The predicted octanol–water partition coefficient (Wildman–Crippen LogP) is 14.1.